The molecule has 1 N–H and O–H groups in total. The van der Waals surface area contributed by atoms with Crippen molar-refractivity contribution in [2.45, 2.75) is 30.8 Å². The van der Waals surface area contributed by atoms with E-state index in [-0.39, 0.29) is 0 Å². The van der Waals surface area contributed by atoms with Crippen molar-refractivity contribution in [1.82, 2.24) is 10.2 Å². The number of nitrogens with one attached hydrogen (secondary N) is 1. The molecule has 0 radical (unpaired) electrons. The molecule has 4 heteroatoms. The van der Waals surface area contributed by atoms with Crippen LogP contribution < -0.4 is 5.32 Å². The third-order valence-corrected chi connectivity index (χ3v) is 3.59. The third kappa shape index (κ3) is 3.50. The first kappa shape index (κ1) is 11.9. The minimum absolute atomic E-state index is 0.290. The number of hydrogen-bond acceptors (Lipinski definition) is 3. The van der Waals surface area contributed by atoms with Crippen LogP contribution in [0.4, 0.5) is 0 Å². The smallest absolute Gasteiger partial charge is 0.223 e. The predicted molar refractivity (Wildman–Crippen MR) is 61.6 cm³/mol. The highest BCUT2D eigenvalue weighted by Gasteiger charge is 2.25. The lowest BCUT2D eigenvalue weighted by molar-refractivity contribution is -0.131. The van der Waals surface area contributed by atoms with Gasteiger partial charge in [-0.05, 0) is 7.05 Å². The van der Waals surface area contributed by atoms with Crippen LogP contribution in [-0.4, -0.2) is 48.0 Å². The Kier molecular flexibility index (Phi) is 4.75. The van der Waals surface area contributed by atoms with E-state index >= 15 is 0 Å². The van der Waals surface area contributed by atoms with E-state index in [0.717, 1.165) is 19.6 Å². The first-order chi connectivity index (χ1) is 6.63. The summed E-state index contributed by atoms with van der Waals surface area (Å²) < 4.78 is 0. The molecule has 0 spiro atoms. The largest absolute Gasteiger partial charge is 0.340 e. The highest BCUT2D eigenvalue weighted by atomic mass is 32.2. The van der Waals surface area contributed by atoms with Crippen molar-refractivity contribution in [2.75, 3.05) is 26.7 Å². The Balaban J connectivity index is 2.38. The highest BCUT2D eigenvalue weighted by Crippen LogP contribution is 2.24. The number of carbonyl (C=O) groups is 1. The average molecular weight is 216 g/mol. The molecule has 0 saturated carbocycles. The Hall–Kier alpha value is -0.220. The maximum atomic E-state index is 11.7. The number of hydrogen-bond donors (Lipinski definition) is 1. The third-order valence-electron chi connectivity index (χ3n) is 2.36. The molecule has 1 amide bonds. The topological polar surface area (TPSA) is 32.3 Å². The van der Waals surface area contributed by atoms with Crippen LogP contribution >= 0.6 is 11.8 Å². The number of carbonyl (C=O) groups excluding carboxylic acids is 1. The van der Waals surface area contributed by atoms with Crippen molar-refractivity contribution < 1.29 is 4.79 Å². The van der Waals surface area contributed by atoms with Crippen molar-refractivity contribution in [2.24, 2.45) is 0 Å². The van der Waals surface area contributed by atoms with Gasteiger partial charge in [-0.3, -0.25) is 4.79 Å². The van der Waals surface area contributed by atoms with Crippen molar-refractivity contribution in [1.29, 1.82) is 0 Å². The molecule has 1 fully saturated rings. The van der Waals surface area contributed by atoms with Crippen molar-refractivity contribution >= 4 is 17.7 Å². The van der Waals surface area contributed by atoms with Gasteiger partial charge in [-0.1, -0.05) is 13.8 Å². The minimum Gasteiger partial charge on any atom is -0.340 e. The zero-order valence-electron chi connectivity index (χ0n) is 9.25. The van der Waals surface area contributed by atoms with Crippen LogP contribution in [0.25, 0.3) is 0 Å². The molecule has 1 saturated heterocycles. The molecule has 82 valence electrons. The number of thioether (sulfide) groups is 1. The summed E-state index contributed by atoms with van der Waals surface area (Å²) in [6, 6.07) is 0. The summed E-state index contributed by atoms with van der Waals surface area (Å²) in [5.41, 5.74) is 0. The molecule has 2 atom stereocenters. The molecule has 14 heavy (non-hydrogen) atoms. The van der Waals surface area contributed by atoms with Gasteiger partial charge in [0.15, 0.2) is 0 Å². The SMILES string of the molecule is CNCCC(=O)N1CC(C)SC(C)C1. The molecular formula is C10H20N2OS. The van der Waals surface area contributed by atoms with Crippen LogP contribution in [0.5, 0.6) is 0 Å². The standard InChI is InChI=1S/C10H20N2OS/c1-8-6-12(7-9(2)14-8)10(13)4-5-11-3/h8-9,11H,4-7H2,1-3H3. The van der Waals surface area contributed by atoms with E-state index in [9.17, 15) is 4.79 Å². The lowest BCUT2D eigenvalue weighted by Gasteiger charge is -2.34. The number of nitrogens with zero attached hydrogens (tertiary/aromatic N) is 1. The van der Waals surface area contributed by atoms with Crippen molar-refractivity contribution in [3.63, 3.8) is 0 Å². The summed E-state index contributed by atoms with van der Waals surface area (Å²) in [7, 11) is 1.88. The lowest BCUT2D eigenvalue weighted by Crippen LogP contribution is -2.44. The van der Waals surface area contributed by atoms with E-state index in [1.165, 1.54) is 0 Å². The lowest BCUT2D eigenvalue weighted by atomic mass is 10.3. The molecule has 0 aliphatic carbocycles. The first-order valence-corrected chi connectivity index (χ1v) is 6.15. The van der Waals surface area contributed by atoms with Gasteiger partial charge < -0.3 is 10.2 Å². The van der Waals surface area contributed by atoms with E-state index in [1.54, 1.807) is 0 Å². The van der Waals surface area contributed by atoms with Gasteiger partial charge in [-0.2, -0.15) is 11.8 Å². The Morgan fingerprint density at radius 1 is 1.43 bits per heavy atom. The normalized spacial score (nSPS) is 27.8. The van der Waals surface area contributed by atoms with E-state index < -0.39 is 0 Å². The zero-order chi connectivity index (χ0) is 10.6. The second-order valence-corrected chi connectivity index (χ2v) is 5.79. The molecule has 0 bridgehead atoms. The highest BCUT2D eigenvalue weighted by molar-refractivity contribution is 8.00. The Bertz CT molecular complexity index is 189. The van der Waals surface area contributed by atoms with E-state index in [4.69, 9.17) is 0 Å². The van der Waals surface area contributed by atoms with Crippen molar-refractivity contribution in [3.8, 4) is 0 Å². The second kappa shape index (κ2) is 5.61. The van der Waals surface area contributed by atoms with Crippen LogP contribution in [0.1, 0.15) is 20.3 Å². The van der Waals surface area contributed by atoms with Crippen LogP contribution in [-0.2, 0) is 4.79 Å². The molecule has 1 rings (SSSR count). The molecule has 0 aromatic carbocycles. The number of amides is 1. The average Bonchev–Trinajstić information content (AvgIpc) is 2.12. The zero-order valence-corrected chi connectivity index (χ0v) is 10.1. The monoisotopic (exact) mass is 216 g/mol. The van der Waals surface area contributed by atoms with Gasteiger partial charge in [0, 0.05) is 36.6 Å². The molecule has 0 aromatic heterocycles. The Labute approximate surface area is 90.6 Å². The molecule has 3 nitrogen and oxygen atoms in total. The van der Waals surface area contributed by atoms with Crippen molar-refractivity contribution in [3.05, 3.63) is 0 Å². The summed E-state index contributed by atoms with van der Waals surface area (Å²) in [5, 5.41) is 4.17. The summed E-state index contributed by atoms with van der Waals surface area (Å²) >= 11 is 1.98. The summed E-state index contributed by atoms with van der Waals surface area (Å²) in [6.07, 6.45) is 0.626. The van der Waals surface area contributed by atoms with Gasteiger partial charge in [0.05, 0.1) is 0 Å². The summed E-state index contributed by atoms with van der Waals surface area (Å²) in [5.74, 6) is 0.290. The van der Waals surface area contributed by atoms with Crippen LogP contribution in [0.3, 0.4) is 0 Å². The predicted octanol–water partition coefficient (Wildman–Crippen LogP) is 0.948. The van der Waals surface area contributed by atoms with Crippen LogP contribution in [0.2, 0.25) is 0 Å². The maximum absolute atomic E-state index is 11.7. The molecule has 2 unspecified atom stereocenters. The van der Waals surface area contributed by atoms with Crippen LogP contribution in [0.15, 0.2) is 0 Å². The Morgan fingerprint density at radius 2 is 2.00 bits per heavy atom. The summed E-state index contributed by atoms with van der Waals surface area (Å²) in [4.78, 5) is 13.7. The minimum atomic E-state index is 0.290. The fourth-order valence-corrected chi connectivity index (χ4v) is 3.10. The number of rotatable bonds is 3. The second-order valence-electron chi connectivity index (χ2n) is 3.91. The maximum Gasteiger partial charge on any atom is 0.223 e. The summed E-state index contributed by atoms with van der Waals surface area (Å²) in [6.45, 7) is 7.00. The van der Waals surface area contributed by atoms with Crippen LogP contribution in [0, 0.1) is 0 Å². The first-order valence-electron chi connectivity index (χ1n) is 5.21. The van der Waals surface area contributed by atoms with E-state index in [0.29, 0.717) is 22.8 Å². The van der Waals surface area contributed by atoms with Gasteiger partial charge in [0.2, 0.25) is 5.91 Å². The quantitative estimate of drug-likeness (QED) is 0.762. The van der Waals surface area contributed by atoms with E-state index in [1.807, 2.05) is 23.7 Å². The van der Waals surface area contributed by atoms with Gasteiger partial charge in [0.1, 0.15) is 0 Å². The van der Waals surface area contributed by atoms with Gasteiger partial charge >= 0.3 is 0 Å². The van der Waals surface area contributed by atoms with E-state index in [2.05, 4.69) is 19.2 Å². The molecule has 0 aromatic rings. The molecule has 1 aliphatic heterocycles. The molecular weight excluding hydrogens is 196 g/mol. The van der Waals surface area contributed by atoms with Gasteiger partial charge in [-0.25, -0.2) is 0 Å². The molecule has 1 aliphatic rings. The van der Waals surface area contributed by atoms with Gasteiger partial charge in [0.25, 0.3) is 0 Å². The fraction of sp³-hybridized carbons (Fsp3) is 0.900. The Morgan fingerprint density at radius 3 is 2.50 bits per heavy atom. The molecule has 1 heterocycles. The fourth-order valence-electron chi connectivity index (χ4n) is 1.77. The van der Waals surface area contributed by atoms with Gasteiger partial charge in [-0.15, -0.1) is 0 Å².